The quantitative estimate of drug-likeness (QED) is 0.872. The molecule has 2 rings (SSSR count). The number of halogens is 1. The van der Waals surface area contributed by atoms with Gasteiger partial charge in [0.05, 0.1) is 24.9 Å². The van der Waals surface area contributed by atoms with Crippen molar-refractivity contribution in [3.05, 3.63) is 17.0 Å². The van der Waals surface area contributed by atoms with E-state index in [2.05, 4.69) is 22.2 Å². The van der Waals surface area contributed by atoms with Gasteiger partial charge in [0, 0.05) is 6.42 Å². The Labute approximate surface area is 131 Å². The van der Waals surface area contributed by atoms with E-state index in [9.17, 15) is 0 Å². The molecule has 0 aromatic carbocycles. The maximum absolute atomic E-state index is 6.28. The molecule has 1 aromatic rings. The fourth-order valence-electron chi connectivity index (χ4n) is 2.32. The Hall–Kier alpha value is -0.910. The Morgan fingerprint density at radius 3 is 2.67 bits per heavy atom. The minimum absolute atomic E-state index is 0.0526. The van der Waals surface area contributed by atoms with Crippen LogP contribution in [0.4, 0.5) is 5.82 Å². The number of anilines is 1. The minimum atomic E-state index is -0.460. The Morgan fingerprint density at radius 2 is 2.05 bits per heavy atom. The van der Waals surface area contributed by atoms with E-state index in [-0.39, 0.29) is 6.04 Å². The van der Waals surface area contributed by atoms with Crippen LogP contribution in [0, 0.1) is 0 Å². The summed E-state index contributed by atoms with van der Waals surface area (Å²) in [5, 5.41) is 3.87. The highest BCUT2D eigenvalue weighted by molar-refractivity contribution is 6.33. The summed E-state index contributed by atoms with van der Waals surface area (Å²) in [5.41, 5.74) is 0.847. The molecule has 1 saturated heterocycles. The molecule has 1 fully saturated rings. The van der Waals surface area contributed by atoms with Gasteiger partial charge in [-0.15, -0.1) is 0 Å². The van der Waals surface area contributed by atoms with E-state index in [0.717, 1.165) is 31.4 Å². The highest BCUT2D eigenvalue weighted by Crippen LogP contribution is 2.27. The Bertz CT molecular complexity index is 462. The number of nitrogens with zero attached hydrogens (tertiary/aromatic N) is 2. The van der Waals surface area contributed by atoms with Gasteiger partial charge in [0.1, 0.15) is 17.2 Å². The number of rotatable bonds is 6. The number of nitrogens with one attached hydrogen (secondary N) is 1. The fraction of sp³-hybridized carbons (Fsp3) is 0.733. The lowest BCUT2D eigenvalue weighted by Gasteiger charge is -2.38. The molecule has 1 aliphatic heterocycles. The highest BCUT2D eigenvalue weighted by atomic mass is 35.5. The second-order valence-electron chi connectivity index (χ2n) is 5.54. The monoisotopic (exact) mass is 313 g/mol. The van der Waals surface area contributed by atoms with Crippen LogP contribution in [-0.2, 0) is 15.9 Å². The van der Waals surface area contributed by atoms with Crippen LogP contribution >= 0.6 is 11.6 Å². The molecular weight excluding hydrogens is 290 g/mol. The summed E-state index contributed by atoms with van der Waals surface area (Å²) in [7, 11) is 0. The first-order valence-corrected chi connectivity index (χ1v) is 7.99. The normalized spacial score (nSPS) is 25.8. The molecule has 0 atom stereocenters. The SMILES string of the molecule is CCCCC1(C)OCC(Nc2ncnc(CC)c2Cl)CO1. The van der Waals surface area contributed by atoms with Crippen molar-refractivity contribution in [2.45, 2.75) is 58.3 Å². The summed E-state index contributed by atoms with van der Waals surface area (Å²) in [5.74, 6) is 0.191. The molecule has 2 heterocycles. The lowest BCUT2D eigenvalue weighted by molar-refractivity contribution is -0.262. The van der Waals surface area contributed by atoms with Gasteiger partial charge in [0.25, 0.3) is 0 Å². The van der Waals surface area contributed by atoms with E-state index < -0.39 is 5.79 Å². The lowest BCUT2D eigenvalue weighted by Crippen LogP contribution is -2.47. The van der Waals surface area contributed by atoms with E-state index in [4.69, 9.17) is 21.1 Å². The van der Waals surface area contributed by atoms with E-state index in [0.29, 0.717) is 24.1 Å². The second kappa shape index (κ2) is 7.38. The van der Waals surface area contributed by atoms with E-state index >= 15 is 0 Å². The molecule has 5 nitrogen and oxygen atoms in total. The van der Waals surface area contributed by atoms with Gasteiger partial charge in [-0.25, -0.2) is 9.97 Å². The van der Waals surface area contributed by atoms with Crippen molar-refractivity contribution in [2.75, 3.05) is 18.5 Å². The van der Waals surface area contributed by atoms with Gasteiger partial charge in [-0.3, -0.25) is 0 Å². The summed E-state index contributed by atoms with van der Waals surface area (Å²) in [6, 6.07) is 0.0526. The maximum Gasteiger partial charge on any atom is 0.165 e. The molecule has 118 valence electrons. The minimum Gasteiger partial charge on any atom is -0.361 e. The number of aromatic nitrogens is 2. The first-order valence-electron chi connectivity index (χ1n) is 7.61. The molecule has 0 amide bonds. The number of ether oxygens (including phenoxy) is 2. The van der Waals surface area contributed by atoms with Crippen LogP contribution in [0.25, 0.3) is 0 Å². The van der Waals surface area contributed by atoms with Crippen LogP contribution < -0.4 is 5.32 Å². The van der Waals surface area contributed by atoms with Crippen molar-refractivity contribution in [3.63, 3.8) is 0 Å². The number of unbranched alkanes of at least 4 members (excludes halogenated alkanes) is 1. The van der Waals surface area contributed by atoms with E-state index in [1.54, 1.807) is 0 Å². The van der Waals surface area contributed by atoms with E-state index in [1.165, 1.54) is 6.33 Å². The highest BCUT2D eigenvalue weighted by Gasteiger charge is 2.32. The number of hydrogen-bond acceptors (Lipinski definition) is 5. The topological polar surface area (TPSA) is 56.3 Å². The predicted molar refractivity (Wildman–Crippen MR) is 83.7 cm³/mol. The Kier molecular flexibility index (Phi) is 5.79. The smallest absolute Gasteiger partial charge is 0.165 e. The third kappa shape index (κ3) is 4.28. The van der Waals surface area contributed by atoms with E-state index in [1.807, 2.05) is 13.8 Å². The van der Waals surface area contributed by atoms with Crippen molar-refractivity contribution in [2.24, 2.45) is 0 Å². The van der Waals surface area contributed by atoms with Gasteiger partial charge in [0.15, 0.2) is 5.79 Å². The van der Waals surface area contributed by atoms with Gasteiger partial charge < -0.3 is 14.8 Å². The summed E-state index contributed by atoms with van der Waals surface area (Å²) >= 11 is 6.28. The molecule has 6 heteroatoms. The zero-order valence-corrected chi connectivity index (χ0v) is 13.7. The standard InChI is InChI=1S/C15H24ClN3O2/c1-4-6-7-15(3)20-8-11(9-21-15)19-14-13(16)12(5-2)17-10-18-14/h10-11H,4-9H2,1-3H3,(H,17,18,19). The van der Waals surface area contributed by atoms with Gasteiger partial charge in [-0.2, -0.15) is 0 Å². The summed E-state index contributed by atoms with van der Waals surface area (Å²) in [6.07, 6.45) is 5.47. The average molecular weight is 314 g/mol. The van der Waals surface area contributed by atoms with Crippen molar-refractivity contribution >= 4 is 17.4 Å². The predicted octanol–water partition coefficient (Wildman–Crippen LogP) is 3.43. The summed E-state index contributed by atoms with van der Waals surface area (Å²) in [6.45, 7) is 7.36. The summed E-state index contributed by atoms with van der Waals surface area (Å²) in [4.78, 5) is 8.36. The van der Waals surface area contributed by atoms with Crippen LogP contribution in [0.5, 0.6) is 0 Å². The average Bonchev–Trinajstić information content (AvgIpc) is 2.50. The third-order valence-corrected chi connectivity index (χ3v) is 4.10. The molecule has 1 aromatic heterocycles. The maximum atomic E-state index is 6.28. The zero-order chi connectivity index (χ0) is 15.3. The van der Waals surface area contributed by atoms with Crippen LogP contribution in [0.15, 0.2) is 6.33 Å². The van der Waals surface area contributed by atoms with Crippen LogP contribution in [0.3, 0.4) is 0 Å². The van der Waals surface area contributed by atoms with Crippen molar-refractivity contribution in [1.29, 1.82) is 0 Å². The molecule has 0 bridgehead atoms. The Balaban J connectivity index is 1.92. The summed E-state index contributed by atoms with van der Waals surface area (Å²) < 4.78 is 11.8. The van der Waals surface area contributed by atoms with Crippen LogP contribution in [-0.4, -0.2) is 35.0 Å². The number of aryl methyl sites for hydroxylation is 1. The Morgan fingerprint density at radius 1 is 1.33 bits per heavy atom. The zero-order valence-electron chi connectivity index (χ0n) is 13.0. The van der Waals surface area contributed by atoms with Gasteiger partial charge in [-0.1, -0.05) is 31.9 Å². The molecular formula is C15H24ClN3O2. The van der Waals surface area contributed by atoms with Crippen molar-refractivity contribution in [1.82, 2.24) is 9.97 Å². The molecule has 0 unspecified atom stereocenters. The molecule has 21 heavy (non-hydrogen) atoms. The van der Waals surface area contributed by atoms with Crippen LogP contribution in [0.2, 0.25) is 5.02 Å². The van der Waals surface area contributed by atoms with Crippen molar-refractivity contribution < 1.29 is 9.47 Å². The molecule has 0 radical (unpaired) electrons. The van der Waals surface area contributed by atoms with Crippen molar-refractivity contribution in [3.8, 4) is 0 Å². The van der Waals surface area contributed by atoms with Gasteiger partial charge >= 0.3 is 0 Å². The molecule has 1 N–H and O–H groups in total. The first kappa shape index (κ1) is 16.5. The molecule has 1 aliphatic rings. The first-order chi connectivity index (χ1) is 10.1. The molecule has 0 aliphatic carbocycles. The number of hydrogen-bond donors (Lipinski definition) is 1. The molecule has 0 saturated carbocycles. The third-order valence-electron chi connectivity index (χ3n) is 3.70. The van der Waals surface area contributed by atoms with Gasteiger partial charge in [-0.05, 0) is 19.8 Å². The molecule has 0 spiro atoms. The largest absolute Gasteiger partial charge is 0.361 e. The fourth-order valence-corrected chi connectivity index (χ4v) is 2.60. The second-order valence-corrected chi connectivity index (χ2v) is 5.92. The van der Waals surface area contributed by atoms with Gasteiger partial charge in [0.2, 0.25) is 0 Å². The lowest BCUT2D eigenvalue weighted by atomic mass is 10.1. The van der Waals surface area contributed by atoms with Crippen LogP contribution in [0.1, 0.15) is 45.7 Å².